The molecule has 0 amide bonds. The van der Waals surface area contributed by atoms with Crippen molar-refractivity contribution in [2.45, 2.75) is 78.6 Å². The smallest absolute Gasteiger partial charge is 0.0417 e. The van der Waals surface area contributed by atoms with E-state index in [2.05, 4.69) is 20.8 Å². The summed E-state index contributed by atoms with van der Waals surface area (Å²) in [5.41, 5.74) is 0. The van der Waals surface area contributed by atoms with E-state index in [0.29, 0.717) is 0 Å². The minimum absolute atomic E-state index is 0.958. The summed E-state index contributed by atoms with van der Waals surface area (Å²) in [6.07, 6.45) is 13.2. The summed E-state index contributed by atoms with van der Waals surface area (Å²) in [5.74, 6) is 2.90. The molecule has 0 heteroatoms. The van der Waals surface area contributed by atoms with Gasteiger partial charge in [0, 0.05) is 0 Å². The lowest BCUT2D eigenvalue weighted by Gasteiger charge is -2.21. The number of hydrogen-bond acceptors (Lipinski definition) is 0. The number of rotatable bonds is 0. The van der Waals surface area contributed by atoms with Crippen molar-refractivity contribution in [3.05, 3.63) is 0 Å². The highest BCUT2D eigenvalue weighted by Gasteiger charge is 2.13. The van der Waals surface area contributed by atoms with Crippen LogP contribution in [0.15, 0.2) is 0 Å². The summed E-state index contributed by atoms with van der Waals surface area (Å²) in [6.45, 7) is 7.36. The average molecular weight is 210 g/mol. The Morgan fingerprint density at radius 2 is 0.933 bits per heavy atom. The van der Waals surface area contributed by atoms with Crippen LogP contribution in [0, 0.1) is 17.8 Å². The van der Waals surface area contributed by atoms with E-state index >= 15 is 0 Å². The van der Waals surface area contributed by atoms with Crippen molar-refractivity contribution in [3.8, 4) is 0 Å². The molecule has 0 spiro atoms. The van der Waals surface area contributed by atoms with Crippen molar-refractivity contribution in [2.75, 3.05) is 0 Å². The van der Waals surface area contributed by atoms with Crippen LogP contribution < -0.4 is 0 Å². The first-order chi connectivity index (χ1) is 7.20. The predicted octanol–water partition coefficient (Wildman–Crippen LogP) is 5.42. The van der Waals surface area contributed by atoms with E-state index in [1.54, 1.807) is 0 Å². The van der Waals surface area contributed by atoms with Gasteiger partial charge >= 0.3 is 0 Å². The van der Waals surface area contributed by atoms with Crippen LogP contribution in [0.5, 0.6) is 0 Å². The topological polar surface area (TPSA) is 0 Å². The molecule has 1 aliphatic rings. The Balaban J connectivity index is 2.30. The predicted molar refractivity (Wildman–Crippen MR) is 69.0 cm³/mol. The van der Waals surface area contributed by atoms with Crippen LogP contribution in [-0.2, 0) is 0 Å². The molecular weight excluding hydrogens is 180 g/mol. The molecule has 1 saturated carbocycles. The minimum Gasteiger partial charge on any atom is -0.0625 e. The molecule has 0 aromatic heterocycles. The second-order valence-corrected chi connectivity index (χ2v) is 5.98. The van der Waals surface area contributed by atoms with Gasteiger partial charge in [0.2, 0.25) is 0 Å². The van der Waals surface area contributed by atoms with Gasteiger partial charge in [0.1, 0.15) is 0 Å². The molecule has 0 aromatic carbocycles. The van der Waals surface area contributed by atoms with Crippen molar-refractivity contribution in [2.24, 2.45) is 17.8 Å². The van der Waals surface area contributed by atoms with Gasteiger partial charge in [-0.2, -0.15) is 0 Å². The Labute approximate surface area is 96.8 Å². The third-order valence-corrected chi connectivity index (χ3v) is 4.43. The molecule has 3 unspecified atom stereocenters. The van der Waals surface area contributed by atoms with E-state index in [4.69, 9.17) is 0 Å². The normalized spacial score (nSPS) is 36.6. The van der Waals surface area contributed by atoms with Crippen LogP contribution >= 0.6 is 0 Å². The van der Waals surface area contributed by atoms with Crippen molar-refractivity contribution in [1.29, 1.82) is 0 Å². The van der Waals surface area contributed by atoms with Crippen molar-refractivity contribution in [1.82, 2.24) is 0 Å². The number of hydrogen-bond donors (Lipinski definition) is 0. The second kappa shape index (κ2) is 7.30. The molecule has 0 aliphatic heterocycles. The molecule has 0 bridgehead atoms. The van der Waals surface area contributed by atoms with Gasteiger partial charge in [-0.3, -0.25) is 0 Å². The highest BCUT2D eigenvalue weighted by Crippen LogP contribution is 2.26. The zero-order valence-corrected chi connectivity index (χ0v) is 11.1. The quantitative estimate of drug-likeness (QED) is 0.501. The van der Waals surface area contributed by atoms with Crippen LogP contribution in [0.1, 0.15) is 78.6 Å². The minimum atomic E-state index is 0.958. The Morgan fingerprint density at radius 1 is 0.533 bits per heavy atom. The third-order valence-electron chi connectivity index (χ3n) is 4.43. The van der Waals surface area contributed by atoms with E-state index in [1.165, 1.54) is 57.8 Å². The molecule has 1 fully saturated rings. The summed E-state index contributed by atoms with van der Waals surface area (Å²) in [4.78, 5) is 0. The fraction of sp³-hybridized carbons (Fsp3) is 1.00. The largest absolute Gasteiger partial charge is 0.0625 e. The highest BCUT2D eigenvalue weighted by atomic mass is 14.2. The van der Waals surface area contributed by atoms with Crippen molar-refractivity contribution < 1.29 is 0 Å². The molecular formula is C15H30. The molecule has 0 heterocycles. The molecule has 0 N–H and O–H groups in total. The summed E-state index contributed by atoms with van der Waals surface area (Å²) in [6, 6.07) is 0. The molecule has 3 atom stereocenters. The van der Waals surface area contributed by atoms with Crippen molar-refractivity contribution in [3.63, 3.8) is 0 Å². The maximum Gasteiger partial charge on any atom is -0.0417 e. The van der Waals surface area contributed by atoms with Gasteiger partial charge in [0.15, 0.2) is 0 Å². The van der Waals surface area contributed by atoms with Crippen LogP contribution in [0.3, 0.4) is 0 Å². The van der Waals surface area contributed by atoms with Crippen LogP contribution in [0.4, 0.5) is 0 Å². The zero-order valence-electron chi connectivity index (χ0n) is 11.1. The van der Waals surface area contributed by atoms with E-state index < -0.39 is 0 Å². The van der Waals surface area contributed by atoms with Gasteiger partial charge in [0.05, 0.1) is 0 Å². The van der Waals surface area contributed by atoms with Gasteiger partial charge in [-0.25, -0.2) is 0 Å². The van der Waals surface area contributed by atoms with Gasteiger partial charge in [-0.15, -0.1) is 0 Å². The lowest BCUT2D eigenvalue weighted by molar-refractivity contribution is 0.308. The van der Waals surface area contributed by atoms with Crippen molar-refractivity contribution >= 4 is 0 Å². The maximum atomic E-state index is 2.46. The van der Waals surface area contributed by atoms with E-state index in [9.17, 15) is 0 Å². The molecule has 1 aliphatic carbocycles. The Morgan fingerprint density at radius 3 is 1.53 bits per heavy atom. The highest BCUT2D eigenvalue weighted by molar-refractivity contribution is 4.65. The lowest BCUT2D eigenvalue weighted by atomic mass is 9.85. The monoisotopic (exact) mass is 210 g/mol. The van der Waals surface area contributed by atoms with E-state index in [-0.39, 0.29) is 0 Å². The molecule has 15 heavy (non-hydrogen) atoms. The molecule has 90 valence electrons. The van der Waals surface area contributed by atoms with E-state index in [0.717, 1.165) is 17.8 Å². The third kappa shape index (κ3) is 5.58. The maximum absolute atomic E-state index is 2.46. The SMILES string of the molecule is CC1CCCCCC(C)C(C)CCCC1. The second-order valence-electron chi connectivity index (χ2n) is 5.98. The average Bonchev–Trinajstić information content (AvgIpc) is 2.21. The first-order valence-electron chi connectivity index (χ1n) is 7.20. The molecule has 1 rings (SSSR count). The van der Waals surface area contributed by atoms with Crippen LogP contribution in [0.25, 0.3) is 0 Å². The standard InChI is InChI=1S/C15H30/c1-13-9-5-4-6-11-14(2)15(3)12-8-7-10-13/h13-15H,4-12H2,1-3H3. The van der Waals surface area contributed by atoms with Gasteiger partial charge in [0.25, 0.3) is 0 Å². The van der Waals surface area contributed by atoms with E-state index in [1.807, 2.05) is 0 Å². The Bertz CT molecular complexity index is 150. The van der Waals surface area contributed by atoms with Crippen LogP contribution in [-0.4, -0.2) is 0 Å². The summed E-state index contributed by atoms with van der Waals surface area (Å²) < 4.78 is 0. The van der Waals surface area contributed by atoms with Gasteiger partial charge < -0.3 is 0 Å². The fourth-order valence-electron chi connectivity index (χ4n) is 2.81. The Kier molecular flexibility index (Phi) is 6.36. The summed E-state index contributed by atoms with van der Waals surface area (Å²) in [7, 11) is 0. The fourth-order valence-corrected chi connectivity index (χ4v) is 2.81. The van der Waals surface area contributed by atoms with Crippen LogP contribution in [0.2, 0.25) is 0 Å². The summed E-state index contributed by atoms with van der Waals surface area (Å²) >= 11 is 0. The first-order valence-corrected chi connectivity index (χ1v) is 7.20. The molecule has 0 nitrogen and oxygen atoms in total. The Hall–Kier alpha value is 0. The molecule has 0 saturated heterocycles. The first kappa shape index (κ1) is 13.1. The molecule has 0 aromatic rings. The zero-order chi connectivity index (χ0) is 11.1. The summed E-state index contributed by atoms with van der Waals surface area (Å²) in [5, 5.41) is 0. The lowest BCUT2D eigenvalue weighted by Crippen LogP contribution is -2.09. The van der Waals surface area contributed by atoms with Gasteiger partial charge in [-0.1, -0.05) is 78.6 Å². The molecule has 0 radical (unpaired) electrons. The van der Waals surface area contributed by atoms with Gasteiger partial charge in [-0.05, 0) is 17.8 Å².